The Morgan fingerprint density at radius 3 is 2.36 bits per heavy atom. The van der Waals surface area contributed by atoms with Crippen molar-refractivity contribution in [3.8, 4) is 0 Å². The molecular formula is C8H12ClNO4. The van der Waals surface area contributed by atoms with Crippen LogP contribution in [-0.2, 0) is 19.1 Å². The first-order valence-corrected chi connectivity index (χ1v) is 4.47. The van der Waals surface area contributed by atoms with Gasteiger partial charge in [-0.15, -0.1) is 11.6 Å². The normalized spacial score (nSPS) is 11.6. The number of esters is 1. The third kappa shape index (κ3) is 4.23. The molecule has 0 heterocycles. The van der Waals surface area contributed by atoms with E-state index in [1.165, 1.54) is 14.0 Å². The number of hydrogen-bond donors (Lipinski definition) is 1. The van der Waals surface area contributed by atoms with Crippen LogP contribution < -0.4 is 5.32 Å². The average molecular weight is 222 g/mol. The van der Waals surface area contributed by atoms with Crippen molar-refractivity contribution < 1.29 is 19.1 Å². The highest BCUT2D eigenvalue weighted by Crippen LogP contribution is 1.99. The van der Waals surface area contributed by atoms with Crippen LogP contribution in [0.2, 0.25) is 0 Å². The molecular weight excluding hydrogens is 210 g/mol. The molecule has 0 fully saturated rings. The van der Waals surface area contributed by atoms with Crippen LogP contribution in [0.15, 0.2) is 0 Å². The maximum atomic E-state index is 11.0. The monoisotopic (exact) mass is 221 g/mol. The third-order valence-electron chi connectivity index (χ3n) is 1.60. The van der Waals surface area contributed by atoms with Gasteiger partial charge in [0.2, 0.25) is 5.91 Å². The van der Waals surface area contributed by atoms with E-state index in [2.05, 4.69) is 10.1 Å². The zero-order chi connectivity index (χ0) is 11.1. The Hall–Kier alpha value is -1.10. The minimum absolute atomic E-state index is 0.0758. The summed E-state index contributed by atoms with van der Waals surface area (Å²) >= 11 is 5.22. The van der Waals surface area contributed by atoms with E-state index in [9.17, 15) is 14.4 Å². The Kier molecular flexibility index (Phi) is 5.87. The molecule has 14 heavy (non-hydrogen) atoms. The highest BCUT2D eigenvalue weighted by atomic mass is 35.5. The van der Waals surface area contributed by atoms with Crippen LogP contribution in [0.25, 0.3) is 0 Å². The Bertz CT molecular complexity index is 241. The van der Waals surface area contributed by atoms with E-state index in [1.54, 1.807) is 0 Å². The molecule has 0 aromatic rings. The van der Waals surface area contributed by atoms with Crippen LogP contribution in [0.3, 0.4) is 0 Å². The van der Waals surface area contributed by atoms with E-state index in [4.69, 9.17) is 11.6 Å². The van der Waals surface area contributed by atoms with E-state index in [0.29, 0.717) is 0 Å². The second kappa shape index (κ2) is 6.37. The minimum Gasteiger partial charge on any atom is -0.468 e. The standard InChI is InChI=1S/C8H12ClNO4/c1-5(11)6(8(13)14-2)4-10-7(12)3-9/h6H,3-4H2,1-2H3,(H,10,12). The van der Waals surface area contributed by atoms with Crippen LogP contribution in [0.1, 0.15) is 6.92 Å². The number of nitrogens with one attached hydrogen (secondary N) is 1. The first-order chi connectivity index (χ1) is 6.52. The number of amides is 1. The molecule has 0 saturated carbocycles. The summed E-state index contributed by atoms with van der Waals surface area (Å²) in [7, 11) is 1.18. The molecule has 6 heteroatoms. The lowest BCUT2D eigenvalue weighted by molar-refractivity contribution is -0.148. The number of ketones is 1. The molecule has 0 rings (SSSR count). The molecule has 80 valence electrons. The second-order valence-electron chi connectivity index (χ2n) is 2.62. The summed E-state index contributed by atoms with van der Waals surface area (Å²) in [4.78, 5) is 32.7. The molecule has 1 atom stereocenters. The van der Waals surface area contributed by atoms with Gasteiger partial charge in [-0.2, -0.15) is 0 Å². The molecule has 0 aliphatic carbocycles. The van der Waals surface area contributed by atoms with Crippen LogP contribution in [0.4, 0.5) is 0 Å². The molecule has 1 unspecified atom stereocenters. The predicted octanol–water partition coefficient (Wildman–Crippen LogP) is -0.280. The molecule has 0 aromatic carbocycles. The van der Waals surface area contributed by atoms with Crippen molar-refractivity contribution in [2.75, 3.05) is 19.5 Å². The van der Waals surface area contributed by atoms with Crippen molar-refractivity contribution >= 4 is 29.3 Å². The Morgan fingerprint density at radius 1 is 1.43 bits per heavy atom. The van der Waals surface area contributed by atoms with Gasteiger partial charge in [0.1, 0.15) is 17.6 Å². The highest BCUT2D eigenvalue weighted by Gasteiger charge is 2.24. The number of Topliss-reactive ketones (excluding diaryl/α,β-unsaturated/α-hetero) is 1. The van der Waals surface area contributed by atoms with Crippen LogP contribution >= 0.6 is 11.6 Å². The van der Waals surface area contributed by atoms with E-state index in [1.807, 2.05) is 0 Å². The average Bonchev–Trinajstić information content (AvgIpc) is 2.16. The van der Waals surface area contributed by atoms with E-state index in [-0.39, 0.29) is 18.2 Å². The number of ether oxygens (including phenoxy) is 1. The molecule has 0 aromatic heterocycles. The summed E-state index contributed by atoms with van der Waals surface area (Å²) in [5.41, 5.74) is 0. The van der Waals surface area contributed by atoms with Crippen molar-refractivity contribution in [2.45, 2.75) is 6.92 Å². The molecule has 0 aliphatic rings. The number of methoxy groups -OCH3 is 1. The lowest BCUT2D eigenvalue weighted by Crippen LogP contribution is -2.37. The maximum Gasteiger partial charge on any atom is 0.318 e. The van der Waals surface area contributed by atoms with Crippen molar-refractivity contribution in [2.24, 2.45) is 5.92 Å². The van der Waals surface area contributed by atoms with Gasteiger partial charge in [0.15, 0.2) is 0 Å². The van der Waals surface area contributed by atoms with Crippen LogP contribution in [0.5, 0.6) is 0 Å². The Morgan fingerprint density at radius 2 is 2.00 bits per heavy atom. The van der Waals surface area contributed by atoms with E-state index < -0.39 is 17.8 Å². The number of rotatable bonds is 5. The van der Waals surface area contributed by atoms with Crippen molar-refractivity contribution in [3.05, 3.63) is 0 Å². The fraction of sp³-hybridized carbons (Fsp3) is 0.625. The maximum absolute atomic E-state index is 11.0. The SMILES string of the molecule is COC(=O)C(CNC(=O)CCl)C(C)=O. The Balaban J connectivity index is 4.18. The topological polar surface area (TPSA) is 72.5 Å². The zero-order valence-corrected chi connectivity index (χ0v) is 8.76. The molecule has 0 spiro atoms. The molecule has 1 N–H and O–H groups in total. The van der Waals surface area contributed by atoms with Gasteiger partial charge in [0.05, 0.1) is 7.11 Å². The van der Waals surface area contributed by atoms with Gasteiger partial charge >= 0.3 is 5.97 Å². The van der Waals surface area contributed by atoms with Crippen molar-refractivity contribution in [3.63, 3.8) is 0 Å². The number of hydrogen-bond acceptors (Lipinski definition) is 4. The molecule has 1 amide bonds. The number of halogens is 1. The number of carbonyl (C=O) groups excluding carboxylic acids is 3. The summed E-state index contributed by atoms with van der Waals surface area (Å²) in [6, 6.07) is 0. The highest BCUT2D eigenvalue weighted by molar-refractivity contribution is 6.27. The van der Waals surface area contributed by atoms with Crippen molar-refractivity contribution in [1.29, 1.82) is 0 Å². The van der Waals surface area contributed by atoms with Gasteiger partial charge in [-0.3, -0.25) is 14.4 Å². The first-order valence-electron chi connectivity index (χ1n) is 3.93. The molecule has 0 radical (unpaired) electrons. The number of carbonyl (C=O) groups is 3. The van der Waals surface area contributed by atoms with Crippen molar-refractivity contribution in [1.82, 2.24) is 5.32 Å². The van der Waals surface area contributed by atoms with Crippen LogP contribution in [-0.4, -0.2) is 37.2 Å². The minimum atomic E-state index is -0.952. The van der Waals surface area contributed by atoms with Crippen LogP contribution in [0, 0.1) is 5.92 Å². The summed E-state index contributed by atoms with van der Waals surface area (Å²) in [5.74, 6) is -2.60. The summed E-state index contributed by atoms with van der Waals surface area (Å²) < 4.78 is 4.40. The summed E-state index contributed by atoms with van der Waals surface area (Å²) in [6.45, 7) is 1.18. The summed E-state index contributed by atoms with van der Waals surface area (Å²) in [5, 5.41) is 2.34. The van der Waals surface area contributed by atoms with E-state index >= 15 is 0 Å². The molecule has 0 bridgehead atoms. The largest absolute Gasteiger partial charge is 0.468 e. The molecule has 5 nitrogen and oxygen atoms in total. The van der Waals surface area contributed by atoms with Gasteiger partial charge in [-0.1, -0.05) is 0 Å². The molecule has 0 saturated heterocycles. The smallest absolute Gasteiger partial charge is 0.318 e. The lowest BCUT2D eigenvalue weighted by atomic mass is 10.1. The van der Waals surface area contributed by atoms with Gasteiger partial charge in [-0.25, -0.2) is 0 Å². The van der Waals surface area contributed by atoms with Gasteiger partial charge in [-0.05, 0) is 6.92 Å². The second-order valence-corrected chi connectivity index (χ2v) is 2.89. The fourth-order valence-electron chi connectivity index (χ4n) is 0.798. The zero-order valence-electron chi connectivity index (χ0n) is 8.00. The Labute approximate surface area is 86.7 Å². The van der Waals surface area contributed by atoms with Gasteiger partial charge in [0, 0.05) is 6.54 Å². The predicted molar refractivity (Wildman–Crippen MR) is 49.9 cm³/mol. The number of alkyl halides is 1. The van der Waals surface area contributed by atoms with Gasteiger partial charge < -0.3 is 10.1 Å². The third-order valence-corrected chi connectivity index (χ3v) is 1.84. The lowest BCUT2D eigenvalue weighted by Gasteiger charge is -2.11. The van der Waals surface area contributed by atoms with Gasteiger partial charge in [0.25, 0.3) is 0 Å². The first kappa shape index (κ1) is 12.9. The van der Waals surface area contributed by atoms with E-state index in [0.717, 1.165) is 0 Å². The summed E-state index contributed by atoms with van der Waals surface area (Å²) in [6.07, 6.45) is 0. The fourth-order valence-corrected chi connectivity index (χ4v) is 0.893. The molecule has 0 aliphatic heterocycles. The quantitative estimate of drug-likeness (QED) is 0.394.